The maximum atomic E-state index is 12.9. The van der Waals surface area contributed by atoms with Crippen LogP contribution in [0.15, 0.2) is 29.6 Å². The molecule has 1 aromatic carbocycles. The van der Waals surface area contributed by atoms with Gasteiger partial charge in [0, 0.05) is 41.3 Å². The lowest BCUT2D eigenvalue weighted by Gasteiger charge is -2.38. The summed E-state index contributed by atoms with van der Waals surface area (Å²) in [6.45, 7) is 5.54. The van der Waals surface area contributed by atoms with Crippen LogP contribution in [0.3, 0.4) is 0 Å². The third-order valence-corrected chi connectivity index (χ3v) is 5.50. The molecule has 1 aliphatic rings. The number of carbonyl (C=O) groups excluding carboxylic acids is 1. The molecule has 7 heteroatoms. The zero-order chi connectivity index (χ0) is 16.4. The monoisotopic (exact) mass is 401 g/mol. The number of hydrogen-bond acceptors (Lipinski definition) is 4. The van der Waals surface area contributed by atoms with Crippen molar-refractivity contribution in [1.82, 2.24) is 9.88 Å². The number of likely N-dealkylation sites (tertiary alicyclic amines) is 1. The quantitative estimate of drug-likeness (QED) is 0.839. The van der Waals surface area contributed by atoms with Gasteiger partial charge in [-0.05, 0) is 37.8 Å². The molecular weight excluding hydrogens is 377 g/mol. The highest BCUT2D eigenvalue weighted by atomic mass is 35.5. The van der Waals surface area contributed by atoms with Crippen LogP contribution in [0.4, 0.5) is 0 Å². The molecule has 1 aromatic heterocycles. The molecule has 2 N–H and O–H groups in total. The van der Waals surface area contributed by atoms with Crippen molar-refractivity contribution in [2.75, 3.05) is 13.1 Å². The molecule has 1 aliphatic heterocycles. The topological polar surface area (TPSA) is 59.2 Å². The highest BCUT2D eigenvalue weighted by Gasteiger charge is 2.29. The summed E-state index contributed by atoms with van der Waals surface area (Å²) in [6.07, 6.45) is 2.04. The third-order valence-electron chi connectivity index (χ3n) is 4.49. The van der Waals surface area contributed by atoms with E-state index in [9.17, 15) is 4.79 Å². The SMILES string of the molecule is Cc1csc(-c2cccc(C(=O)N3CCC(C)CC3CN)c2)n1.Cl.Cl. The highest BCUT2D eigenvalue weighted by Crippen LogP contribution is 2.27. The second-order valence-corrected chi connectivity index (χ2v) is 7.25. The predicted octanol–water partition coefficient (Wildman–Crippen LogP) is 4.16. The Morgan fingerprint density at radius 2 is 2.16 bits per heavy atom. The summed E-state index contributed by atoms with van der Waals surface area (Å²) in [5, 5.41) is 2.99. The van der Waals surface area contributed by atoms with Gasteiger partial charge in [0.2, 0.25) is 0 Å². The first kappa shape index (κ1) is 21.9. The number of nitrogens with zero attached hydrogens (tertiary/aromatic N) is 2. The molecule has 0 aliphatic carbocycles. The fourth-order valence-corrected chi connectivity index (χ4v) is 3.97. The summed E-state index contributed by atoms with van der Waals surface area (Å²) in [5.74, 6) is 0.722. The van der Waals surface area contributed by atoms with Crippen LogP contribution in [0.1, 0.15) is 35.8 Å². The molecule has 2 heterocycles. The zero-order valence-corrected chi connectivity index (χ0v) is 16.9. The van der Waals surface area contributed by atoms with Crippen molar-refractivity contribution in [3.8, 4) is 10.6 Å². The largest absolute Gasteiger partial charge is 0.334 e. The van der Waals surface area contributed by atoms with Gasteiger partial charge in [0.25, 0.3) is 5.91 Å². The number of amides is 1. The van der Waals surface area contributed by atoms with Gasteiger partial charge in [0.15, 0.2) is 0 Å². The summed E-state index contributed by atoms with van der Waals surface area (Å²) in [6, 6.07) is 7.93. The van der Waals surface area contributed by atoms with Crippen molar-refractivity contribution >= 4 is 42.1 Å². The van der Waals surface area contributed by atoms with Crippen LogP contribution >= 0.6 is 36.2 Å². The third kappa shape index (κ3) is 4.94. The molecule has 25 heavy (non-hydrogen) atoms. The minimum absolute atomic E-state index is 0. The van der Waals surface area contributed by atoms with Crippen LogP contribution in [-0.4, -0.2) is 34.9 Å². The van der Waals surface area contributed by atoms with Crippen molar-refractivity contribution < 1.29 is 4.79 Å². The van der Waals surface area contributed by atoms with E-state index in [1.165, 1.54) is 0 Å². The van der Waals surface area contributed by atoms with Crippen LogP contribution in [0.5, 0.6) is 0 Å². The Morgan fingerprint density at radius 1 is 1.40 bits per heavy atom. The number of aryl methyl sites for hydroxylation is 1. The number of carbonyl (C=O) groups is 1. The maximum Gasteiger partial charge on any atom is 0.254 e. The first-order valence-electron chi connectivity index (χ1n) is 8.12. The Morgan fingerprint density at radius 3 is 2.80 bits per heavy atom. The van der Waals surface area contributed by atoms with Crippen LogP contribution in [0, 0.1) is 12.8 Å². The van der Waals surface area contributed by atoms with E-state index >= 15 is 0 Å². The minimum atomic E-state index is 0. The Hall–Kier alpha value is -1.14. The molecule has 1 amide bonds. The van der Waals surface area contributed by atoms with Gasteiger partial charge in [0.1, 0.15) is 5.01 Å². The molecule has 4 nitrogen and oxygen atoms in total. The molecule has 2 aromatic rings. The van der Waals surface area contributed by atoms with Gasteiger partial charge in [-0.1, -0.05) is 19.1 Å². The summed E-state index contributed by atoms with van der Waals surface area (Å²) < 4.78 is 0. The number of rotatable bonds is 3. The summed E-state index contributed by atoms with van der Waals surface area (Å²) in [7, 11) is 0. The van der Waals surface area contributed by atoms with Crippen molar-refractivity contribution in [2.24, 2.45) is 11.7 Å². The average Bonchev–Trinajstić information content (AvgIpc) is 3.01. The Balaban J connectivity index is 0.00000156. The highest BCUT2D eigenvalue weighted by molar-refractivity contribution is 7.13. The van der Waals surface area contributed by atoms with Crippen LogP contribution in [0.25, 0.3) is 10.6 Å². The molecule has 0 spiro atoms. The van der Waals surface area contributed by atoms with E-state index in [2.05, 4.69) is 11.9 Å². The van der Waals surface area contributed by atoms with E-state index in [1.807, 2.05) is 41.5 Å². The van der Waals surface area contributed by atoms with Gasteiger partial charge < -0.3 is 10.6 Å². The molecule has 2 atom stereocenters. The minimum Gasteiger partial charge on any atom is -0.334 e. The second-order valence-electron chi connectivity index (χ2n) is 6.39. The smallest absolute Gasteiger partial charge is 0.254 e. The fourth-order valence-electron chi connectivity index (χ4n) is 3.18. The first-order valence-corrected chi connectivity index (χ1v) is 9.00. The number of benzene rings is 1. The number of halogens is 2. The lowest BCUT2D eigenvalue weighted by molar-refractivity contribution is 0.0573. The van der Waals surface area contributed by atoms with Crippen molar-refractivity contribution in [2.45, 2.75) is 32.7 Å². The van der Waals surface area contributed by atoms with Gasteiger partial charge in [-0.3, -0.25) is 4.79 Å². The van der Waals surface area contributed by atoms with Crippen LogP contribution in [0.2, 0.25) is 0 Å². The molecule has 138 valence electrons. The Kier molecular flexibility index (Phi) is 8.35. The molecule has 0 bridgehead atoms. The summed E-state index contributed by atoms with van der Waals surface area (Å²) in [5.41, 5.74) is 8.63. The van der Waals surface area contributed by atoms with E-state index in [-0.39, 0.29) is 36.8 Å². The van der Waals surface area contributed by atoms with Gasteiger partial charge in [-0.15, -0.1) is 36.2 Å². The normalized spacial score (nSPS) is 19.7. The van der Waals surface area contributed by atoms with Crippen molar-refractivity contribution in [3.05, 3.63) is 40.9 Å². The average molecular weight is 402 g/mol. The molecule has 1 fully saturated rings. The van der Waals surface area contributed by atoms with Crippen LogP contribution < -0.4 is 5.73 Å². The number of hydrogen-bond donors (Lipinski definition) is 1. The molecule has 2 unspecified atom stereocenters. The van der Waals surface area contributed by atoms with E-state index < -0.39 is 0 Å². The van der Waals surface area contributed by atoms with Gasteiger partial charge in [-0.2, -0.15) is 0 Å². The number of nitrogens with two attached hydrogens (primary N) is 1. The fraction of sp³-hybridized carbons (Fsp3) is 0.444. The zero-order valence-electron chi connectivity index (χ0n) is 14.5. The lowest BCUT2D eigenvalue weighted by atomic mass is 9.92. The van der Waals surface area contributed by atoms with E-state index in [0.717, 1.165) is 41.2 Å². The first-order chi connectivity index (χ1) is 11.1. The van der Waals surface area contributed by atoms with E-state index in [1.54, 1.807) is 11.3 Å². The second kappa shape index (κ2) is 9.53. The Labute approximate surface area is 165 Å². The Bertz CT molecular complexity index is 707. The van der Waals surface area contributed by atoms with E-state index in [0.29, 0.717) is 12.5 Å². The number of piperidine rings is 1. The maximum absolute atomic E-state index is 12.9. The van der Waals surface area contributed by atoms with Gasteiger partial charge in [-0.25, -0.2) is 4.98 Å². The number of aromatic nitrogens is 1. The summed E-state index contributed by atoms with van der Waals surface area (Å²) in [4.78, 5) is 19.4. The number of thiazole rings is 1. The molecule has 1 saturated heterocycles. The van der Waals surface area contributed by atoms with Crippen molar-refractivity contribution in [3.63, 3.8) is 0 Å². The lowest BCUT2D eigenvalue weighted by Crippen LogP contribution is -2.49. The molecular formula is C18H25Cl2N3OS. The molecule has 0 radical (unpaired) electrons. The predicted molar refractivity (Wildman–Crippen MR) is 109 cm³/mol. The van der Waals surface area contributed by atoms with Crippen LogP contribution in [-0.2, 0) is 0 Å². The van der Waals surface area contributed by atoms with Crippen molar-refractivity contribution in [1.29, 1.82) is 0 Å². The van der Waals surface area contributed by atoms with E-state index in [4.69, 9.17) is 5.73 Å². The molecule has 0 saturated carbocycles. The van der Waals surface area contributed by atoms with Gasteiger partial charge >= 0.3 is 0 Å². The molecule has 3 rings (SSSR count). The summed E-state index contributed by atoms with van der Waals surface area (Å²) >= 11 is 1.61. The van der Waals surface area contributed by atoms with Gasteiger partial charge in [0.05, 0.1) is 0 Å². The standard InChI is InChI=1S/C18H23N3OS.2ClH/c1-12-6-7-21(16(8-12)10-19)18(22)15-5-3-4-14(9-15)17-20-13(2)11-23-17;;/h3-5,9,11-12,16H,6-8,10,19H2,1-2H3;2*1H.